The van der Waals surface area contributed by atoms with Crippen LogP contribution in [-0.4, -0.2) is 35.9 Å². The van der Waals surface area contributed by atoms with Crippen LogP contribution in [0.4, 0.5) is 8.78 Å². The van der Waals surface area contributed by atoms with E-state index in [0.29, 0.717) is 6.42 Å². The van der Waals surface area contributed by atoms with Crippen LogP contribution in [0.2, 0.25) is 0 Å². The van der Waals surface area contributed by atoms with E-state index in [-0.39, 0.29) is 6.04 Å². The van der Waals surface area contributed by atoms with Crippen LogP contribution in [0.5, 0.6) is 0 Å². The Hall–Kier alpha value is -1.75. The number of aryl methyl sites for hydroxylation is 1. The fraction of sp³-hybridized carbons (Fsp3) is 0.500. The highest BCUT2D eigenvalue weighted by Gasteiger charge is 2.50. The lowest BCUT2D eigenvalue weighted by Crippen LogP contribution is -2.32. The van der Waals surface area contributed by atoms with Crippen molar-refractivity contribution in [2.24, 2.45) is 5.73 Å². The Kier molecular flexibility index (Phi) is 5.88. The van der Waals surface area contributed by atoms with Gasteiger partial charge >= 0.3 is 5.92 Å². The molecule has 1 aliphatic heterocycles. The van der Waals surface area contributed by atoms with Crippen LogP contribution in [0.15, 0.2) is 42.5 Å². The van der Waals surface area contributed by atoms with Crippen LogP contribution in [0, 0.1) is 0 Å². The molecule has 0 spiro atoms. The van der Waals surface area contributed by atoms with Crippen molar-refractivity contribution in [1.82, 2.24) is 4.90 Å². The summed E-state index contributed by atoms with van der Waals surface area (Å²) in [6, 6.07) is 9.71. The maximum absolute atomic E-state index is 13.3. The summed E-state index contributed by atoms with van der Waals surface area (Å²) in [5.41, 5.74) is 7.35. The number of hydrogen-bond donors (Lipinski definition) is 1. The van der Waals surface area contributed by atoms with Crippen LogP contribution in [0.25, 0.3) is 0 Å². The number of alkyl halides is 2. The van der Waals surface area contributed by atoms with Gasteiger partial charge in [0.2, 0.25) is 0 Å². The van der Waals surface area contributed by atoms with Gasteiger partial charge in [0.05, 0.1) is 6.04 Å². The van der Waals surface area contributed by atoms with Gasteiger partial charge in [0.25, 0.3) is 5.91 Å². The average Bonchev–Trinajstić information content (AvgIpc) is 2.71. The van der Waals surface area contributed by atoms with Crippen molar-refractivity contribution < 1.29 is 13.6 Å². The molecule has 2 unspecified atom stereocenters. The van der Waals surface area contributed by atoms with Gasteiger partial charge in [-0.25, -0.2) is 0 Å². The highest BCUT2D eigenvalue weighted by Crippen LogP contribution is 2.32. The second kappa shape index (κ2) is 7.68. The fourth-order valence-corrected chi connectivity index (χ4v) is 2.83. The third kappa shape index (κ3) is 4.86. The van der Waals surface area contributed by atoms with Crippen LogP contribution >= 0.6 is 0 Å². The number of halogens is 2. The number of nitrogens with zero attached hydrogens (tertiary/aromatic N) is 1. The number of likely N-dealkylation sites (N-methyl/N-ethyl adjacent to an activating group) is 1. The molecule has 2 atom stereocenters. The van der Waals surface area contributed by atoms with E-state index in [2.05, 4.69) is 12.1 Å². The predicted molar refractivity (Wildman–Crippen MR) is 87.2 cm³/mol. The maximum atomic E-state index is 13.3. The molecule has 1 aromatic rings. The Labute approximate surface area is 136 Å². The summed E-state index contributed by atoms with van der Waals surface area (Å²) < 4.78 is 26.6. The Morgan fingerprint density at radius 1 is 1.39 bits per heavy atom. The third-order valence-corrected chi connectivity index (χ3v) is 4.28. The second-order valence-electron chi connectivity index (χ2n) is 6.19. The number of rotatable bonds is 7. The molecular formula is C18H24F2N2O. The lowest BCUT2D eigenvalue weighted by Gasteiger charge is -2.15. The summed E-state index contributed by atoms with van der Waals surface area (Å²) in [6.45, 7) is 0. The smallest absolute Gasteiger partial charge is 0.327 e. The minimum absolute atomic E-state index is 0.0119. The molecule has 0 aliphatic carbocycles. The Morgan fingerprint density at radius 2 is 2.09 bits per heavy atom. The molecule has 1 heterocycles. The standard InChI is InChI=1S/C18H24F2N2O/c1-22-16(13-18(19,20)17(22)23)12-6-11-15(21)10-5-9-14-7-3-2-4-8-14/h2-4,6-8,12,15-16H,5,9-11,13,21H2,1H3/b12-6+. The molecule has 0 bridgehead atoms. The molecule has 126 valence electrons. The first-order valence-electron chi connectivity index (χ1n) is 8.01. The van der Waals surface area contributed by atoms with Crippen molar-refractivity contribution in [3.63, 3.8) is 0 Å². The molecule has 1 aliphatic rings. The molecule has 3 nitrogen and oxygen atoms in total. The molecule has 1 fully saturated rings. The van der Waals surface area contributed by atoms with Gasteiger partial charge in [-0.15, -0.1) is 0 Å². The molecule has 0 saturated carbocycles. The van der Waals surface area contributed by atoms with Gasteiger partial charge in [0, 0.05) is 19.5 Å². The molecule has 1 aromatic carbocycles. The van der Waals surface area contributed by atoms with Gasteiger partial charge in [-0.3, -0.25) is 4.79 Å². The summed E-state index contributed by atoms with van der Waals surface area (Å²) in [4.78, 5) is 12.4. The second-order valence-corrected chi connectivity index (χ2v) is 6.19. The van der Waals surface area contributed by atoms with Gasteiger partial charge in [-0.2, -0.15) is 8.78 Å². The molecular weight excluding hydrogens is 298 g/mol. The zero-order valence-corrected chi connectivity index (χ0v) is 13.4. The highest BCUT2D eigenvalue weighted by molar-refractivity contribution is 5.86. The quantitative estimate of drug-likeness (QED) is 0.784. The number of benzene rings is 1. The Bertz CT molecular complexity index is 545. The molecule has 2 N–H and O–H groups in total. The summed E-state index contributed by atoms with van der Waals surface area (Å²) in [5, 5.41) is 0. The first-order chi connectivity index (χ1) is 10.9. The largest absolute Gasteiger partial charge is 0.334 e. The molecule has 2 rings (SSSR count). The van der Waals surface area contributed by atoms with Crippen molar-refractivity contribution >= 4 is 5.91 Å². The molecule has 23 heavy (non-hydrogen) atoms. The van der Waals surface area contributed by atoms with E-state index in [1.165, 1.54) is 12.6 Å². The minimum atomic E-state index is -3.23. The van der Waals surface area contributed by atoms with E-state index in [1.54, 1.807) is 6.08 Å². The summed E-state index contributed by atoms with van der Waals surface area (Å²) in [7, 11) is 1.41. The van der Waals surface area contributed by atoms with Crippen LogP contribution in [-0.2, 0) is 11.2 Å². The zero-order chi connectivity index (χ0) is 16.9. The van der Waals surface area contributed by atoms with Gasteiger partial charge in [-0.05, 0) is 31.2 Å². The number of amides is 1. The number of hydrogen-bond acceptors (Lipinski definition) is 2. The molecule has 0 radical (unpaired) electrons. The number of carbonyl (C=O) groups is 1. The van der Waals surface area contributed by atoms with Crippen LogP contribution in [0.1, 0.15) is 31.2 Å². The number of likely N-dealkylation sites (tertiary alicyclic amines) is 1. The van der Waals surface area contributed by atoms with Crippen molar-refractivity contribution in [3.05, 3.63) is 48.0 Å². The van der Waals surface area contributed by atoms with Crippen LogP contribution in [0.3, 0.4) is 0 Å². The molecule has 1 amide bonds. The Morgan fingerprint density at radius 3 is 2.70 bits per heavy atom. The monoisotopic (exact) mass is 322 g/mol. The SMILES string of the molecule is CN1C(=O)C(F)(F)CC1/C=C/CC(N)CCCc1ccccc1. The fourth-order valence-electron chi connectivity index (χ4n) is 2.83. The summed E-state index contributed by atoms with van der Waals surface area (Å²) in [6.07, 6.45) is 6.57. The molecule has 0 aromatic heterocycles. The van der Waals surface area contributed by atoms with E-state index in [9.17, 15) is 13.6 Å². The van der Waals surface area contributed by atoms with Gasteiger partial charge in [0.15, 0.2) is 0 Å². The first-order valence-corrected chi connectivity index (χ1v) is 8.01. The van der Waals surface area contributed by atoms with Gasteiger partial charge in [0.1, 0.15) is 0 Å². The van der Waals surface area contributed by atoms with Crippen molar-refractivity contribution in [2.45, 2.75) is 50.1 Å². The lowest BCUT2D eigenvalue weighted by atomic mass is 10.0. The highest BCUT2D eigenvalue weighted by atomic mass is 19.3. The van der Waals surface area contributed by atoms with E-state index in [1.807, 2.05) is 24.3 Å². The number of carbonyl (C=O) groups excluding carboxylic acids is 1. The van der Waals surface area contributed by atoms with Crippen molar-refractivity contribution in [3.8, 4) is 0 Å². The third-order valence-electron chi connectivity index (χ3n) is 4.28. The first kappa shape index (κ1) is 17.6. The summed E-state index contributed by atoms with van der Waals surface area (Å²) in [5.74, 6) is -4.33. The summed E-state index contributed by atoms with van der Waals surface area (Å²) >= 11 is 0. The zero-order valence-electron chi connectivity index (χ0n) is 13.4. The normalized spacial score (nSPS) is 22.0. The predicted octanol–water partition coefficient (Wildman–Crippen LogP) is 3.15. The van der Waals surface area contributed by atoms with Gasteiger partial charge in [-0.1, -0.05) is 42.5 Å². The molecule has 1 saturated heterocycles. The van der Waals surface area contributed by atoms with Gasteiger partial charge < -0.3 is 10.6 Å². The van der Waals surface area contributed by atoms with Crippen LogP contribution < -0.4 is 5.73 Å². The Balaban J connectivity index is 1.70. The van der Waals surface area contributed by atoms with E-state index in [0.717, 1.165) is 24.2 Å². The minimum Gasteiger partial charge on any atom is -0.334 e. The number of nitrogens with two attached hydrogens (primary N) is 1. The van der Waals surface area contributed by atoms with Crippen molar-refractivity contribution in [2.75, 3.05) is 7.05 Å². The molecule has 5 heteroatoms. The van der Waals surface area contributed by atoms with E-state index in [4.69, 9.17) is 5.73 Å². The van der Waals surface area contributed by atoms with E-state index < -0.39 is 24.3 Å². The van der Waals surface area contributed by atoms with E-state index >= 15 is 0 Å². The lowest BCUT2D eigenvalue weighted by molar-refractivity contribution is -0.146. The van der Waals surface area contributed by atoms with Crippen molar-refractivity contribution in [1.29, 1.82) is 0 Å². The average molecular weight is 322 g/mol. The maximum Gasteiger partial charge on any atom is 0.327 e. The topological polar surface area (TPSA) is 46.3 Å².